The van der Waals surface area contributed by atoms with Gasteiger partial charge in [-0.1, -0.05) is 6.92 Å². The molecule has 0 heterocycles. The van der Waals surface area contributed by atoms with Crippen molar-refractivity contribution in [2.45, 2.75) is 39.0 Å². The molecule has 9 heteroatoms. The first-order valence-corrected chi connectivity index (χ1v) is 7.82. The van der Waals surface area contributed by atoms with Crippen molar-refractivity contribution in [3.63, 3.8) is 0 Å². The van der Waals surface area contributed by atoms with Gasteiger partial charge in [-0.3, -0.25) is 24.1 Å². The lowest BCUT2D eigenvalue weighted by Gasteiger charge is -2.21. The number of carbonyl (C=O) groups excluding carboxylic acids is 2. The van der Waals surface area contributed by atoms with Crippen LogP contribution in [0.25, 0.3) is 0 Å². The van der Waals surface area contributed by atoms with Gasteiger partial charge in [0.15, 0.2) is 0 Å². The van der Waals surface area contributed by atoms with Crippen molar-refractivity contribution in [1.82, 2.24) is 4.90 Å². The van der Waals surface area contributed by atoms with Gasteiger partial charge in [0.25, 0.3) is 0 Å². The van der Waals surface area contributed by atoms with Crippen LogP contribution >= 0.6 is 0 Å². The molecule has 0 aliphatic rings. The van der Waals surface area contributed by atoms with Crippen LogP contribution in [-0.4, -0.2) is 71.8 Å². The molecule has 138 valence electrons. The van der Waals surface area contributed by atoms with Gasteiger partial charge in [-0.25, -0.2) is 0 Å². The summed E-state index contributed by atoms with van der Waals surface area (Å²) in [5.41, 5.74) is 0. The summed E-state index contributed by atoms with van der Waals surface area (Å²) in [6, 6.07) is 0. The Morgan fingerprint density at radius 2 is 1.17 bits per heavy atom. The quantitative estimate of drug-likeness (QED) is 0.432. The molecule has 24 heavy (non-hydrogen) atoms. The Morgan fingerprint density at radius 1 is 0.750 bits per heavy atom. The van der Waals surface area contributed by atoms with Gasteiger partial charge in [-0.05, 0) is 13.0 Å². The van der Waals surface area contributed by atoms with Crippen LogP contribution in [0.3, 0.4) is 0 Å². The third kappa shape index (κ3) is 13.5. The van der Waals surface area contributed by atoms with Gasteiger partial charge >= 0.3 is 23.9 Å². The van der Waals surface area contributed by atoms with Crippen LogP contribution in [-0.2, 0) is 28.7 Å². The van der Waals surface area contributed by atoms with E-state index >= 15 is 0 Å². The van der Waals surface area contributed by atoms with Crippen LogP contribution in [0.1, 0.15) is 39.0 Å². The minimum atomic E-state index is -1.05. The molecular weight excluding hydrogens is 322 g/mol. The first-order valence-electron chi connectivity index (χ1n) is 7.82. The Labute approximate surface area is 140 Å². The van der Waals surface area contributed by atoms with Crippen LogP contribution in [0.4, 0.5) is 0 Å². The highest BCUT2D eigenvalue weighted by atomic mass is 16.5. The fourth-order valence-electron chi connectivity index (χ4n) is 1.79. The molecule has 0 saturated heterocycles. The number of ether oxygens (including phenoxy) is 2. The van der Waals surface area contributed by atoms with Crippen molar-refractivity contribution in [2.75, 3.05) is 32.8 Å². The summed E-state index contributed by atoms with van der Waals surface area (Å²) in [6.45, 7) is 3.85. The average molecular weight is 347 g/mol. The van der Waals surface area contributed by atoms with Crippen LogP contribution in [0.15, 0.2) is 0 Å². The van der Waals surface area contributed by atoms with Crippen molar-refractivity contribution in [3.05, 3.63) is 0 Å². The van der Waals surface area contributed by atoms with Gasteiger partial charge in [0, 0.05) is 13.1 Å². The fraction of sp³-hybridized carbons (Fsp3) is 0.733. The number of rotatable bonds is 14. The molecule has 0 saturated carbocycles. The minimum absolute atomic E-state index is 0.130. The number of hydrogen-bond acceptors (Lipinski definition) is 7. The fourth-order valence-corrected chi connectivity index (χ4v) is 1.79. The molecule has 0 spiro atoms. The SMILES string of the molecule is CCCN(CCOC(=O)CCC(=O)O)CCOC(=O)CCC(=O)O. The predicted molar refractivity (Wildman–Crippen MR) is 82.4 cm³/mol. The van der Waals surface area contributed by atoms with E-state index in [0.717, 1.165) is 13.0 Å². The van der Waals surface area contributed by atoms with Crippen molar-refractivity contribution in [1.29, 1.82) is 0 Å². The third-order valence-electron chi connectivity index (χ3n) is 2.97. The second-order valence-electron chi connectivity index (χ2n) is 5.07. The first kappa shape index (κ1) is 21.8. The molecule has 0 amide bonds. The standard InChI is InChI=1S/C15H25NO8/c1-2-7-16(8-10-23-14(21)5-3-12(17)18)9-11-24-15(22)6-4-13(19)20/h2-11H2,1H3,(H,17,18)(H,19,20). The molecule has 0 aromatic rings. The number of carbonyl (C=O) groups is 4. The minimum Gasteiger partial charge on any atom is -0.481 e. The zero-order chi connectivity index (χ0) is 18.4. The maximum Gasteiger partial charge on any atom is 0.306 e. The highest BCUT2D eigenvalue weighted by molar-refractivity contribution is 5.77. The zero-order valence-corrected chi connectivity index (χ0v) is 13.9. The van der Waals surface area contributed by atoms with E-state index in [1.165, 1.54) is 0 Å². The van der Waals surface area contributed by atoms with Gasteiger partial charge < -0.3 is 19.7 Å². The molecule has 2 N–H and O–H groups in total. The Hall–Kier alpha value is -2.16. The normalized spacial score (nSPS) is 10.4. The van der Waals surface area contributed by atoms with E-state index in [2.05, 4.69) is 0 Å². The molecule has 0 atom stereocenters. The molecule has 0 bridgehead atoms. The third-order valence-corrected chi connectivity index (χ3v) is 2.97. The molecule has 9 nitrogen and oxygen atoms in total. The van der Waals surface area contributed by atoms with E-state index in [1.807, 2.05) is 11.8 Å². The highest BCUT2D eigenvalue weighted by Crippen LogP contribution is 1.98. The van der Waals surface area contributed by atoms with E-state index < -0.39 is 23.9 Å². The van der Waals surface area contributed by atoms with Crippen molar-refractivity contribution < 1.29 is 38.9 Å². The largest absolute Gasteiger partial charge is 0.481 e. The van der Waals surface area contributed by atoms with Gasteiger partial charge in [0.1, 0.15) is 13.2 Å². The summed E-state index contributed by atoms with van der Waals surface area (Å²) in [6.07, 6.45) is 0.0160. The number of nitrogens with zero attached hydrogens (tertiary/aromatic N) is 1. The molecule has 0 aromatic carbocycles. The van der Waals surface area contributed by atoms with E-state index in [1.54, 1.807) is 0 Å². The van der Waals surface area contributed by atoms with Gasteiger partial charge in [-0.15, -0.1) is 0 Å². The molecule has 0 unspecified atom stereocenters. The number of carboxylic acids is 2. The monoisotopic (exact) mass is 347 g/mol. The maximum absolute atomic E-state index is 11.3. The average Bonchev–Trinajstić information content (AvgIpc) is 2.51. The summed E-state index contributed by atoms with van der Waals surface area (Å²) in [7, 11) is 0. The molecule has 0 aliphatic carbocycles. The Morgan fingerprint density at radius 3 is 1.50 bits per heavy atom. The second-order valence-corrected chi connectivity index (χ2v) is 5.07. The smallest absolute Gasteiger partial charge is 0.306 e. The number of aliphatic carboxylic acids is 2. The Kier molecular flexibility index (Phi) is 12.1. The first-order chi connectivity index (χ1) is 11.3. The molecular formula is C15H25NO8. The van der Waals surface area contributed by atoms with Gasteiger partial charge in [-0.2, -0.15) is 0 Å². The Bertz CT molecular complexity index is 388. The van der Waals surface area contributed by atoms with Crippen LogP contribution < -0.4 is 0 Å². The summed E-state index contributed by atoms with van der Waals surface area (Å²) in [5, 5.41) is 16.9. The summed E-state index contributed by atoms with van der Waals surface area (Å²) >= 11 is 0. The number of esters is 2. The van der Waals surface area contributed by atoms with Crippen molar-refractivity contribution in [3.8, 4) is 0 Å². The predicted octanol–water partition coefficient (Wildman–Crippen LogP) is 0.514. The maximum atomic E-state index is 11.3. The highest BCUT2D eigenvalue weighted by Gasteiger charge is 2.10. The van der Waals surface area contributed by atoms with Crippen molar-refractivity contribution in [2.24, 2.45) is 0 Å². The van der Waals surface area contributed by atoms with Crippen LogP contribution in [0.2, 0.25) is 0 Å². The molecule has 0 rings (SSSR count). The van der Waals surface area contributed by atoms with Gasteiger partial charge in [0.2, 0.25) is 0 Å². The second kappa shape index (κ2) is 13.3. The Balaban J connectivity index is 3.91. The zero-order valence-electron chi connectivity index (χ0n) is 13.9. The van der Waals surface area contributed by atoms with Crippen LogP contribution in [0, 0.1) is 0 Å². The van der Waals surface area contributed by atoms with E-state index in [-0.39, 0.29) is 38.9 Å². The molecule has 0 radical (unpaired) electrons. The summed E-state index contributed by atoms with van der Waals surface area (Å²) < 4.78 is 9.89. The molecule has 0 aromatic heterocycles. The lowest BCUT2D eigenvalue weighted by Crippen LogP contribution is -2.32. The molecule has 0 aliphatic heterocycles. The lowest BCUT2D eigenvalue weighted by atomic mass is 10.3. The lowest BCUT2D eigenvalue weighted by molar-refractivity contribution is -0.148. The van der Waals surface area contributed by atoms with E-state index in [0.29, 0.717) is 13.1 Å². The van der Waals surface area contributed by atoms with Gasteiger partial charge in [0.05, 0.1) is 25.7 Å². The molecule has 0 fully saturated rings. The topological polar surface area (TPSA) is 130 Å². The summed E-state index contributed by atoms with van der Waals surface area (Å²) in [5.74, 6) is -3.23. The number of hydrogen-bond donors (Lipinski definition) is 2. The van der Waals surface area contributed by atoms with E-state index in [9.17, 15) is 19.2 Å². The summed E-state index contributed by atoms with van der Waals surface area (Å²) in [4.78, 5) is 45.2. The van der Waals surface area contributed by atoms with Crippen LogP contribution in [0.5, 0.6) is 0 Å². The van der Waals surface area contributed by atoms with E-state index in [4.69, 9.17) is 19.7 Å². The van der Waals surface area contributed by atoms with Crippen molar-refractivity contribution >= 4 is 23.9 Å². The number of carboxylic acid groups (broad SMARTS) is 2.